The van der Waals surface area contributed by atoms with Gasteiger partial charge in [0.25, 0.3) is 10.0 Å². The van der Waals surface area contributed by atoms with Crippen molar-refractivity contribution in [1.82, 2.24) is 4.83 Å². The molecule has 1 saturated carbocycles. The SMILES string of the molecule is CC1CCCC(=NNS(=O)(=O)c2ccc(C(C)(C)C)cc2)C1. The van der Waals surface area contributed by atoms with Crippen molar-refractivity contribution in [3.8, 4) is 0 Å². The molecule has 0 aliphatic heterocycles. The van der Waals surface area contributed by atoms with Gasteiger partial charge in [0.05, 0.1) is 4.90 Å². The number of nitrogens with one attached hydrogen (secondary N) is 1. The molecule has 4 nitrogen and oxygen atoms in total. The molecule has 0 spiro atoms. The minimum Gasteiger partial charge on any atom is -0.200 e. The van der Waals surface area contributed by atoms with E-state index in [2.05, 4.69) is 37.6 Å². The first-order chi connectivity index (χ1) is 10.2. The van der Waals surface area contributed by atoms with E-state index >= 15 is 0 Å². The number of sulfonamides is 1. The summed E-state index contributed by atoms with van der Waals surface area (Å²) < 4.78 is 24.6. The highest BCUT2D eigenvalue weighted by atomic mass is 32.2. The van der Waals surface area contributed by atoms with Gasteiger partial charge in [-0.05, 0) is 54.7 Å². The maximum absolute atomic E-state index is 12.3. The van der Waals surface area contributed by atoms with Crippen molar-refractivity contribution in [3.05, 3.63) is 29.8 Å². The highest BCUT2D eigenvalue weighted by Gasteiger charge is 2.18. The summed E-state index contributed by atoms with van der Waals surface area (Å²) in [4.78, 5) is 2.64. The smallest absolute Gasteiger partial charge is 0.200 e. The molecule has 1 fully saturated rings. The molecule has 0 saturated heterocycles. The van der Waals surface area contributed by atoms with Crippen LogP contribution >= 0.6 is 0 Å². The average molecular weight is 322 g/mol. The molecule has 1 aromatic rings. The lowest BCUT2D eigenvalue weighted by Crippen LogP contribution is -2.22. The fourth-order valence-electron chi connectivity index (χ4n) is 2.67. The van der Waals surface area contributed by atoms with E-state index in [0.29, 0.717) is 5.92 Å². The van der Waals surface area contributed by atoms with Crippen molar-refractivity contribution in [1.29, 1.82) is 0 Å². The van der Waals surface area contributed by atoms with Crippen molar-refractivity contribution in [3.63, 3.8) is 0 Å². The van der Waals surface area contributed by atoms with Crippen LogP contribution in [0.3, 0.4) is 0 Å². The Morgan fingerprint density at radius 1 is 1.18 bits per heavy atom. The zero-order chi connectivity index (χ0) is 16.4. The van der Waals surface area contributed by atoms with Crippen LogP contribution in [0.5, 0.6) is 0 Å². The summed E-state index contributed by atoms with van der Waals surface area (Å²) in [5.74, 6) is 0.586. The first-order valence-electron chi connectivity index (χ1n) is 7.86. The van der Waals surface area contributed by atoms with Crippen molar-refractivity contribution in [2.75, 3.05) is 0 Å². The molecule has 0 bridgehead atoms. The number of hydrogen-bond acceptors (Lipinski definition) is 3. The largest absolute Gasteiger partial charge is 0.276 e. The molecule has 1 aromatic carbocycles. The Morgan fingerprint density at radius 3 is 2.36 bits per heavy atom. The predicted octanol–water partition coefficient (Wildman–Crippen LogP) is 3.83. The van der Waals surface area contributed by atoms with E-state index in [4.69, 9.17) is 0 Å². The van der Waals surface area contributed by atoms with Gasteiger partial charge in [0.15, 0.2) is 0 Å². The Balaban J connectivity index is 2.12. The third-order valence-electron chi connectivity index (χ3n) is 4.10. The fourth-order valence-corrected chi connectivity index (χ4v) is 3.52. The van der Waals surface area contributed by atoms with Crippen LogP contribution in [0.4, 0.5) is 0 Å². The van der Waals surface area contributed by atoms with E-state index < -0.39 is 10.0 Å². The second-order valence-electron chi connectivity index (χ2n) is 7.25. The van der Waals surface area contributed by atoms with Gasteiger partial charge in [-0.2, -0.15) is 13.5 Å². The Bertz CT molecular complexity index is 640. The van der Waals surface area contributed by atoms with Crippen LogP contribution in [0, 0.1) is 5.92 Å². The van der Waals surface area contributed by atoms with Gasteiger partial charge in [-0.1, -0.05) is 39.8 Å². The lowest BCUT2D eigenvalue weighted by atomic mass is 9.87. The van der Waals surface area contributed by atoms with E-state index in [0.717, 1.165) is 30.5 Å². The summed E-state index contributed by atoms with van der Waals surface area (Å²) >= 11 is 0. The van der Waals surface area contributed by atoms with Crippen LogP contribution < -0.4 is 4.83 Å². The van der Waals surface area contributed by atoms with Gasteiger partial charge < -0.3 is 0 Å². The monoisotopic (exact) mass is 322 g/mol. The Kier molecular flexibility index (Phi) is 4.95. The lowest BCUT2D eigenvalue weighted by molar-refractivity contribution is 0.498. The summed E-state index contributed by atoms with van der Waals surface area (Å²) in [5.41, 5.74) is 2.07. The van der Waals surface area contributed by atoms with E-state index in [1.807, 2.05) is 12.1 Å². The van der Waals surface area contributed by atoms with E-state index in [1.165, 1.54) is 6.42 Å². The Hall–Kier alpha value is -1.36. The lowest BCUT2D eigenvalue weighted by Gasteiger charge is -2.20. The summed E-state index contributed by atoms with van der Waals surface area (Å²) in [7, 11) is -3.58. The molecule has 0 amide bonds. The average Bonchev–Trinajstić information content (AvgIpc) is 2.45. The molecule has 1 atom stereocenters. The molecule has 1 aliphatic rings. The molecule has 0 aromatic heterocycles. The Morgan fingerprint density at radius 2 is 1.82 bits per heavy atom. The van der Waals surface area contributed by atoms with Crippen molar-refractivity contribution < 1.29 is 8.42 Å². The van der Waals surface area contributed by atoms with E-state index in [9.17, 15) is 8.42 Å². The Labute approximate surface area is 134 Å². The normalized spacial score (nSPS) is 21.8. The van der Waals surface area contributed by atoms with Crippen molar-refractivity contribution in [2.24, 2.45) is 11.0 Å². The van der Waals surface area contributed by atoms with Crippen LogP contribution in [-0.2, 0) is 15.4 Å². The summed E-state index contributed by atoms with van der Waals surface area (Å²) in [6, 6.07) is 7.02. The number of hydrogen-bond donors (Lipinski definition) is 1. The van der Waals surface area contributed by atoms with Gasteiger partial charge in [0.2, 0.25) is 0 Å². The third-order valence-corrected chi connectivity index (χ3v) is 5.33. The highest BCUT2D eigenvalue weighted by Crippen LogP contribution is 2.24. The summed E-state index contributed by atoms with van der Waals surface area (Å²) in [6.45, 7) is 8.48. The second-order valence-corrected chi connectivity index (χ2v) is 8.91. The number of nitrogens with zero attached hydrogens (tertiary/aromatic N) is 1. The van der Waals surface area contributed by atoms with Crippen LogP contribution in [-0.4, -0.2) is 14.1 Å². The maximum Gasteiger partial charge on any atom is 0.276 e. The van der Waals surface area contributed by atoms with Gasteiger partial charge in [0.1, 0.15) is 0 Å². The summed E-state index contributed by atoms with van der Waals surface area (Å²) in [6.07, 6.45) is 4.04. The molecule has 0 radical (unpaired) electrons. The van der Waals surface area contributed by atoms with Gasteiger partial charge in [0, 0.05) is 5.71 Å². The van der Waals surface area contributed by atoms with E-state index in [-0.39, 0.29) is 10.3 Å². The molecule has 5 heteroatoms. The maximum atomic E-state index is 12.3. The second kappa shape index (κ2) is 6.41. The minimum absolute atomic E-state index is 0.00812. The van der Waals surface area contributed by atoms with E-state index in [1.54, 1.807) is 12.1 Å². The molecule has 22 heavy (non-hydrogen) atoms. The standard InChI is InChI=1S/C17H26N2O2S/c1-13-6-5-7-15(12-13)18-19-22(20,21)16-10-8-14(9-11-16)17(2,3)4/h8-11,13,19H,5-7,12H2,1-4H3. The first-order valence-corrected chi connectivity index (χ1v) is 9.34. The topological polar surface area (TPSA) is 58.5 Å². The van der Waals surface area contributed by atoms with Gasteiger partial charge in [-0.3, -0.25) is 0 Å². The van der Waals surface area contributed by atoms with Gasteiger partial charge in [-0.25, -0.2) is 4.83 Å². The molecular weight excluding hydrogens is 296 g/mol. The fraction of sp³-hybridized carbons (Fsp3) is 0.588. The zero-order valence-electron chi connectivity index (χ0n) is 13.9. The van der Waals surface area contributed by atoms with Crippen LogP contribution in [0.25, 0.3) is 0 Å². The highest BCUT2D eigenvalue weighted by molar-refractivity contribution is 7.89. The van der Waals surface area contributed by atoms with Crippen LogP contribution in [0.2, 0.25) is 0 Å². The van der Waals surface area contributed by atoms with Crippen LogP contribution in [0.15, 0.2) is 34.3 Å². The molecular formula is C17H26N2O2S. The van der Waals surface area contributed by atoms with Crippen molar-refractivity contribution >= 4 is 15.7 Å². The third kappa shape index (κ3) is 4.32. The molecule has 0 heterocycles. The quantitative estimate of drug-likeness (QED) is 0.860. The van der Waals surface area contributed by atoms with Gasteiger partial charge >= 0.3 is 0 Å². The number of rotatable bonds is 3. The minimum atomic E-state index is -3.58. The molecule has 1 N–H and O–H groups in total. The van der Waals surface area contributed by atoms with Crippen LogP contribution in [0.1, 0.15) is 58.9 Å². The molecule has 1 aliphatic carbocycles. The molecule has 2 rings (SSSR count). The molecule has 122 valence electrons. The summed E-state index contributed by atoms with van der Waals surface area (Å²) in [5, 5.41) is 4.13. The van der Waals surface area contributed by atoms with Gasteiger partial charge in [-0.15, -0.1) is 0 Å². The first kappa shape index (κ1) is 17.0. The zero-order valence-corrected chi connectivity index (χ0v) is 14.7. The number of benzene rings is 1. The molecule has 1 unspecified atom stereocenters. The predicted molar refractivity (Wildman–Crippen MR) is 90.5 cm³/mol. The number of hydrazone groups is 1. The van der Waals surface area contributed by atoms with Crippen molar-refractivity contribution in [2.45, 2.75) is 63.7 Å².